The second-order valence-electron chi connectivity index (χ2n) is 5.95. The van der Waals surface area contributed by atoms with E-state index in [2.05, 4.69) is 4.98 Å². The lowest BCUT2D eigenvalue weighted by Gasteiger charge is -2.10. The first-order valence-electron chi connectivity index (χ1n) is 8.26. The van der Waals surface area contributed by atoms with Gasteiger partial charge in [0.25, 0.3) is 0 Å². The molecule has 0 spiro atoms. The first-order valence-corrected chi connectivity index (χ1v) is 9.02. The van der Waals surface area contributed by atoms with Crippen LogP contribution in [0.3, 0.4) is 0 Å². The third-order valence-corrected chi connectivity index (χ3v) is 4.66. The molecule has 5 heteroatoms. The summed E-state index contributed by atoms with van der Waals surface area (Å²) in [6.45, 7) is 0. The molecule has 4 rings (SSSR count). The zero-order chi connectivity index (χ0) is 18.8. The minimum absolute atomic E-state index is 0.0429. The van der Waals surface area contributed by atoms with E-state index < -0.39 is 5.82 Å². The minimum atomic E-state index is -0.636. The highest BCUT2D eigenvalue weighted by molar-refractivity contribution is 6.35. The van der Waals surface area contributed by atoms with Gasteiger partial charge in [-0.05, 0) is 18.2 Å². The molecule has 0 bridgehead atoms. The van der Waals surface area contributed by atoms with E-state index in [9.17, 15) is 4.39 Å². The van der Waals surface area contributed by atoms with Gasteiger partial charge in [0.15, 0.2) is 11.6 Å². The minimum Gasteiger partial charge on any atom is -0.228 e. The summed E-state index contributed by atoms with van der Waals surface area (Å²) in [6.07, 6.45) is 0. The number of halogens is 3. The van der Waals surface area contributed by atoms with Crippen LogP contribution in [-0.4, -0.2) is 9.97 Å². The summed E-state index contributed by atoms with van der Waals surface area (Å²) in [7, 11) is 0. The number of aromatic nitrogens is 2. The third-order valence-electron chi connectivity index (χ3n) is 4.11. The van der Waals surface area contributed by atoms with Crippen LogP contribution >= 0.6 is 23.2 Å². The lowest BCUT2D eigenvalue weighted by atomic mass is 10.1. The van der Waals surface area contributed by atoms with Gasteiger partial charge in [-0.3, -0.25) is 0 Å². The first kappa shape index (κ1) is 17.7. The van der Waals surface area contributed by atoms with Crippen LogP contribution < -0.4 is 0 Å². The lowest BCUT2D eigenvalue weighted by Crippen LogP contribution is -1.96. The lowest BCUT2D eigenvalue weighted by molar-refractivity contribution is 0.629. The Hall–Kier alpha value is -2.75. The molecule has 0 unspecified atom stereocenters. The largest absolute Gasteiger partial charge is 0.228 e. The van der Waals surface area contributed by atoms with Crippen molar-refractivity contribution in [3.63, 3.8) is 0 Å². The summed E-state index contributed by atoms with van der Waals surface area (Å²) in [5, 5.41) is -0.0859. The third kappa shape index (κ3) is 3.70. The monoisotopic (exact) mass is 394 g/mol. The molecule has 0 aliphatic carbocycles. The summed E-state index contributed by atoms with van der Waals surface area (Å²) >= 11 is 12.0. The number of benzene rings is 3. The quantitative estimate of drug-likeness (QED) is 0.352. The van der Waals surface area contributed by atoms with Gasteiger partial charge in [-0.15, -0.1) is 0 Å². The molecule has 2 nitrogen and oxygen atoms in total. The fraction of sp³-hybridized carbons (Fsp3) is 0. The molecule has 3 aromatic carbocycles. The Kier molecular flexibility index (Phi) is 4.88. The average molecular weight is 395 g/mol. The molecule has 0 N–H and O–H groups in total. The molecule has 132 valence electrons. The molecule has 27 heavy (non-hydrogen) atoms. The van der Waals surface area contributed by atoms with E-state index in [1.165, 1.54) is 12.1 Å². The van der Waals surface area contributed by atoms with Crippen molar-refractivity contribution in [2.24, 2.45) is 0 Å². The Morgan fingerprint density at radius 2 is 1.07 bits per heavy atom. The maximum atomic E-state index is 13.8. The van der Waals surface area contributed by atoms with Gasteiger partial charge in [0.05, 0.1) is 21.4 Å². The van der Waals surface area contributed by atoms with Crippen LogP contribution in [0, 0.1) is 5.82 Å². The van der Waals surface area contributed by atoms with E-state index in [4.69, 9.17) is 28.2 Å². The number of hydrogen-bond acceptors (Lipinski definition) is 2. The smallest absolute Gasteiger partial charge is 0.160 e. The van der Waals surface area contributed by atoms with Crippen molar-refractivity contribution in [2.45, 2.75) is 0 Å². The van der Waals surface area contributed by atoms with Crippen LogP contribution in [0.1, 0.15) is 0 Å². The van der Waals surface area contributed by atoms with Crippen LogP contribution in [0.15, 0.2) is 78.9 Å². The highest BCUT2D eigenvalue weighted by Gasteiger charge is 2.13. The zero-order valence-corrected chi connectivity index (χ0v) is 15.5. The molecule has 0 atom stereocenters. The topological polar surface area (TPSA) is 25.8 Å². The van der Waals surface area contributed by atoms with Crippen molar-refractivity contribution in [3.05, 3.63) is 94.7 Å². The average Bonchev–Trinajstić information content (AvgIpc) is 2.72. The van der Waals surface area contributed by atoms with E-state index >= 15 is 0 Å². The van der Waals surface area contributed by atoms with E-state index in [0.29, 0.717) is 17.1 Å². The van der Waals surface area contributed by atoms with Gasteiger partial charge in [0.1, 0.15) is 0 Å². The van der Waals surface area contributed by atoms with Crippen molar-refractivity contribution >= 4 is 23.2 Å². The second kappa shape index (κ2) is 7.47. The van der Waals surface area contributed by atoms with Gasteiger partial charge >= 0.3 is 0 Å². The summed E-state index contributed by atoms with van der Waals surface area (Å²) in [5.41, 5.74) is 3.85. The SMILES string of the molecule is Fc1c(Cl)cc(-c2cc(-c3ccccc3)nc(-c3ccccc3)n2)cc1Cl. The van der Waals surface area contributed by atoms with Gasteiger partial charge in [-0.2, -0.15) is 0 Å². The Morgan fingerprint density at radius 3 is 1.63 bits per heavy atom. The van der Waals surface area contributed by atoms with Crippen LogP contribution in [0.5, 0.6) is 0 Å². The molecule has 0 aliphatic rings. The van der Waals surface area contributed by atoms with Gasteiger partial charge in [-0.25, -0.2) is 14.4 Å². The molecule has 0 radical (unpaired) electrons. The highest BCUT2D eigenvalue weighted by Crippen LogP contribution is 2.32. The van der Waals surface area contributed by atoms with E-state index in [1.54, 1.807) is 0 Å². The molecular formula is C22H13Cl2FN2. The van der Waals surface area contributed by atoms with Crippen LogP contribution in [0.25, 0.3) is 33.9 Å². The molecule has 0 amide bonds. The second-order valence-corrected chi connectivity index (χ2v) is 6.76. The van der Waals surface area contributed by atoms with Crippen LogP contribution in [0.4, 0.5) is 4.39 Å². The molecule has 4 aromatic rings. The number of rotatable bonds is 3. The summed E-state index contributed by atoms with van der Waals surface area (Å²) in [6, 6.07) is 24.4. The van der Waals surface area contributed by atoms with Gasteiger partial charge in [0, 0.05) is 16.7 Å². The van der Waals surface area contributed by atoms with Crippen molar-refractivity contribution in [1.82, 2.24) is 9.97 Å². The number of hydrogen-bond donors (Lipinski definition) is 0. The highest BCUT2D eigenvalue weighted by atomic mass is 35.5. The molecule has 0 aliphatic heterocycles. The molecule has 0 saturated heterocycles. The van der Waals surface area contributed by atoms with E-state index in [0.717, 1.165) is 16.8 Å². The number of nitrogens with zero attached hydrogens (tertiary/aromatic N) is 2. The Morgan fingerprint density at radius 1 is 0.593 bits per heavy atom. The maximum absolute atomic E-state index is 13.8. The van der Waals surface area contributed by atoms with Crippen LogP contribution in [-0.2, 0) is 0 Å². The molecule has 1 heterocycles. The van der Waals surface area contributed by atoms with Crippen LogP contribution in [0.2, 0.25) is 10.0 Å². The van der Waals surface area contributed by atoms with Crippen molar-refractivity contribution in [2.75, 3.05) is 0 Å². The van der Waals surface area contributed by atoms with Gasteiger partial charge in [-0.1, -0.05) is 83.9 Å². The van der Waals surface area contributed by atoms with E-state index in [-0.39, 0.29) is 10.0 Å². The summed E-state index contributed by atoms with van der Waals surface area (Å²) in [5.74, 6) is -0.0637. The van der Waals surface area contributed by atoms with Gasteiger partial charge < -0.3 is 0 Å². The first-order chi connectivity index (χ1) is 13.1. The normalized spacial score (nSPS) is 10.8. The predicted molar refractivity (Wildman–Crippen MR) is 108 cm³/mol. The summed E-state index contributed by atoms with van der Waals surface area (Å²) in [4.78, 5) is 9.37. The Bertz CT molecular complexity index is 1020. The van der Waals surface area contributed by atoms with Crippen molar-refractivity contribution in [3.8, 4) is 33.9 Å². The molecule has 0 fully saturated rings. The predicted octanol–water partition coefficient (Wildman–Crippen LogP) is 6.92. The Labute approximate surface area is 166 Å². The maximum Gasteiger partial charge on any atom is 0.160 e. The standard InChI is InChI=1S/C22H13Cl2FN2/c23-17-11-16(12-18(24)21(17)25)20-13-19(14-7-3-1-4-8-14)26-22(27-20)15-9-5-2-6-10-15/h1-13H. The fourth-order valence-electron chi connectivity index (χ4n) is 2.77. The molecular weight excluding hydrogens is 382 g/mol. The molecule has 0 saturated carbocycles. The van der Waals surface area contributed by atoms with E-state index in [1.807, 2.05) is 66.7 Å². The van der Waals surface area contributed by atoms with Crippen molar-refractivity contribution in [1.29, 1.82) is 0 Å². The Balaban J connectivity index is 1.94. The van der Waals surface area contributed by atoms with Gasteiger partial charge in [0.2, 0.25) is 0 Å². The summed E-state index contributed by atoms with van der Waals surface area (Å²) < 4.78 is 13.8. The molecule has 1 aromatic heterocycles. The fourth-order valence-corrected chi connectivity index (χ4v) is 3.26. The van der Waals surface area contributed by atoms with Crippen molar-refractivity contribution < 1.29 is 4.39 Å². The zero-order valence-electron chi connectivity index (χ0n) is 14.0.